The van der Waals surface area contributed by atoms with Crippen LogP contribution < -0.4 is 9.47 Å². The van der Waals surface area contributed by atoms with Gasteiger partial charge in [-0.25, -0.2) is 9.67 Å². The zero-order valence-electron chi connectivity index (χ0n) is 17.0. The van der Waals surface area contributed by atoms with Gasteiger partial charge in [-0.2, -0.15) is 5.10 Å². The molecule has 7 nitrogen and oxygen atoms in total. The van der Waals surface area contributed by atoms with Crippen LogP contribution in [-0.2, 0) is 13.2 Å². The number of nitrogens with zero attached hydrogens (tertiary/aromatic N) is 4. The van der Waals surface area contributed by atoms with E-state index in [-0.39, 0.29) is 6.61 Å². The minimum atomic E-state index is 0.0568. The fourth-order valence-corrected chi connectivity index (χ4v) is 3.82. The Bertz CT molecular complexity index is 734. The smallest absolute Gasteiger partial charge is 0.188 e. The van der Waals surface area contributed by atoms with Crippen molar-refractivity contribution in [2.45, 2.75) is 51.7 Å². The van der Waals surface area contributed by atoms with E-state index in [1.807, 2.05) is 28.9 Å². The molecule has 1 aromatic heterocycles. The third-order valence-electron chi connectivity index (χ3n) is 5.19. The largest absolute Gasteiger partial charge is 0.497 e. The van der Waals surface area contributed by atoms with Crippen LogP contribution in [-0.4, -0.2) is 58.1 Å². The number of methoxy groups -OCH3 is 1. The van der Waals surface area contributed by atoms with E-state index < -0.39 is 0 Å². The molecule has 2 aromatic rings. The molecule has 0 aliphatic carbocycles. The molecule has 1 atom stereocenters. The molecule has 1 aromatic carbocycles. The Morgan fingerprint density at radius 3 is 2.82 bits per heavy atom. The first-order chi connectivity index (χ1) is 13.7. The lowest BCUT2D eigenvalue weighted by Gasteiger charge is -2.19. The Kier molecular flexibility index (Phi) is 7.68. The first-order valence-electron chi connectivity index (χ1n) is 10.3. The quantitative estimate of drug-likeness (QED) is 0.712. The molecule has 1 N–H and O–H groups in total. The SMILES string of the molecule is CCCN1CCCC(c2nc(COc3cccc(OC)c3)nn2CCO)CC1. The number of hydrogen-bond acceptors (Lipinski definition) is 6. The lowest BCUT2D eigenvalue weighted by atomic mass is 10.00. The number of aliphatic hydroxyl groups excluding tert-OH is 1. The van der Waals surface area contributed by atoms with Crippen molar-refractivity contribution in [3.8, 4) is 11.5 Å². The number of aromatic nitrogens is 3. The second kappa shape index (κ2) is 10.4. The minimum absolute atomic E-state index is 0.0568. The highest BCUT2D eigenvalue weighted by Gasteiger charge is 2.23. The van der Waals surface area contributed by atoms with Crippen molar-refractivity contribution in [1.82, 2.24) is 19.7 Å². The first kappa shape index (κ1) is 20.6. The molecule has 0 bridgehead atoms. The van der Waals surface area contributed by atoms with Crippen molar-refractivity contribution >= 4 is 0 Å². The van der Waals surface area contributed by atoms with Gasteiger partial charge in [-0.05, 0) is 57.5 Å². The van der Waals surface area contributed by atoms with E-state index in [1.54, 1.807) is 7.11 Å². The van der Waals surface area contributed by atoms with Gasteiger partial charge in [0.15, 0.2) is 5.82 Å². The van der Waals surface area contributed by atoms with Crippen LogP contribution in [0, 0.1) is 0 Å². The number of aliphatic hydroxyl groups is 1. The van der Waals surface area contributed by atoms with Gasteiger partial charge >= 0.3 is 0 Å². The van der Waals surface area contributed by atoms with Gasteiger partial charge in [-0.1, -0.05) is 13.0 Å². The Balaban J connectivity index is 1.68. The van der Waals surface area contributed by atoms with Crippen molar-refractivity contribution in [2.75, 3.05) is 33.4 Å². The minimum Gasteiger partial charge on any atom is -0.497 e. The lowest BCUT2D eigenvalue weighted by molar-refractivity contribution is 0.261. The fraction of sp³-hybridized carbons (Fsp3) is 0.619. The summed E-state index contributed by atoms with van der Waals surface area (Å²) in [6, 6.07) is 7.51. The monoisotopic (exact) mass is 388 g/mol. The van der Waals surface area contributed by atoms with Crippen molar-refractivity contribution in [2.24, 2.45) is 0 Å². The molecule has 3 rings (SSSR count). The van der Waals surface area contributed by atoms with Crippen molar-refractivity contribution in [1.29, 1.82) is 0 Å². The molecule has 0 spiro atoms. The number of benzene rings is 1. The molecule has 1 saturated heterocycles. The predicted octanol–water partition coefficient (Wildman–Crippen LogP) is 2.84. The van der Waals surface area contributed by atoms with E-state index in [0.717, 1.165) is 49.8 Å². The summed E-state index contributed by atoms with van der Waals surface area (Å²) in [4.78, 5) is 7.33. The highest BCUT2D eigenvalue weighted by Crippen LogP contribution is 2.27. The third kappa shape index (κ3) is 5.45. The van der Waals surface area contributed by atoms with E-state index in [9.17, 15) is 5.11 Å². The van der Waals surface area contributed by atoms with Crippen LogP contribution in [0.1, 0.15) is 50.2 Å². The maximum absolute atomic E-state index is 9.44. The highest BCUT2D eigenvalue weighted by molar-refractivity contribution is 5.32. The van der Waals surface area contributed by atoms with Gasteiger partial charge in [0.05, 0.1) is 20.3 Å². The van der Waals surface area contributed by atoms with Crippen LogP contribution in [0.3, 0.4) is 0 Å². The Morgan fingerprint density at radius 1 is 1.18 bits per heavy atom. The summed E-state index contributed by atoms with van der Waals surface area (Å²) >= 11 is 0. The van der Waals surface area contributed by atoms with E-state index >= 15 is 0 Å². The molecule has 154 valence electrons. The van der Waals surface area contributed by atoms with E-state index in [4.69, 9.17) is 14.5 Å². The molecular formula is C21H32N4O3. The standard InChI is InChI=1S/C21H32N4O3/c1-3-10-24-11-5-6-17(9-12-24)21-22-20(23-25(21)13-14-26)16-28-19-8-4-7-18(15-19)27-2/h4,7-8,15,17,26H,3,5-6,9-14,16H2,1-2H3. The third-order valence-corrected chi connectivity index (χ3v) is 5.19. The van der Waals surface area contributed by atoms with Crippen molar-refractivity contribution in [3.05, 3.63) is 35.9 Å². The maximum atomic E-state index is 9.44. The summed E-state index contributed by atoms with van der Waals surface area (Å²) < 4.78 is 13.0. The van der Waals surface area contributed by atoms with Gasteiger partial charge in [0.2, 0.25) is 0 Å². The summed E-state index contributed by atoms with van der Waals surface area (Å²) in [7, 11) is 1.64. The van der Waals surface area contributed by atoms with Crippen molar-refractivity contribution in [3.63, 3.8) is 0 Å². The molecule has 7 heteroatoms. The molecule has 1 fully saturated rings. The van der Waals surface area contributed by atoms with E-state index in [0.29, 0.717) is 24.9 Å². The fourth-order valence-electron chi connectivity index (χ4n) is 3.82. The molecular weight excluding hydrogens is 356 g/mol. The molecule has 1 unspecified atom stereocenters. The number of likely N-dealkylation sites (tertiary alicyclic amines) is 1. The second-order valence-corrected chi connectivity index (χ2v) is 7.27. The highest BCUT2D eigenvalue weighted by atomic mass is 16.5. The van der Waals surface area contributed by atoms with E-state index in [2.05, 4.69) is 16.9 Å². The summed E-state index contributed by atoms with van der Waals surface area (Å²) in [5, 5.41) is 14.0. The van der Waals surface area contributed by atoms with Gasteiger partial charge < -0.3 is 19.5 Å². The van der Waals surface area contributed by atoms with Crippen LogP contribution in [0.4, 0.5) is 0 Å². The van der Waals surface area contributed by atoms with Gasteiger partial charge in [0, 0.05) is 12.0 Å². The molecule has 1 aliphatic heterocycles. The second-order valence-electron chi connectivity index (χ2n) is 7.27. The first-order valence-corrected chi connectivity index (χ1v) is 10.3. The summed E-state index contributed by atoms with van der Waals surface area (Å²) in [6.07, 6.45) is 4.56. The Hall–Kier alpha value is -2.12. The molecule has 0 saturated carbocycles. The maximum Gasteiger partial charge on any atom is 0.188 e. The van der Waals surface area contributed by atoms with Crippen LogP contribution >= 0.6 is 0 Å². The van der Waals surface area contributed by atoms with Crippen LogP contribution in [0.15, 0.2) is 24.3 Å². The average Bonchev–Trinajstić information content (AvgIpc) is 2.97. The zero-order valence-corrected chi connectivity index (χ0v) is 17.0. The predicted molar refractivity (Wildman–Crippen MR) is 108 cm³/mol. The molecule has 2 heterocycles. The van der Waals surface area contributed by atoms with Crippen LogP contribution in [0.2, 0.25) is 0 Å². The van der Waals surface area contributed by atoms with Crippen LogP contribution in [0.5, 0.6) is 11.5 Å². The van der Waals surface area contributed by atoms with Crippen molar-refractivity contribution < 1.29 is 14.6 Å². The van der Waals surface area contributed by atoms with Gasteiger partial charge in [0.25, 0.3) is 0 Å². The van der Waals surface area contributed by atoms with Gasteiger partial charge in [-0.3, -0.25) is 0 Å². The molecule has 0 radical (unpaired) electrons. The number of hydrogen-bond donors (Lipinski definition) is 1. The van der Waals surface area contributed by atoms with Gasteiger partial charge in [0.1, 0.15) is 23.9 Å². The Morgan fingerprint density at radius 2 is 2.04 bits per heavy atom. The number of ether oxygens (including phenoxy) is 2. The van der Waals surface area contributed by atoms with Crippen LogP contribution in [0.25, 0.3) is 0 Å². The molecule has 0 amide bonds. The average molecular weight is 389 g/mol. The van der Waals surface area contributed by atoms with Gasteiger partial charge in [-0.15, -0.1) is 0 Å². The zero-order chi connectivity index (χ0) is 19.8. The topological polar surface area (TPSA) is 72.6 Å². The number of rotatable bonds is 9. The Labute approximate surface area is 167 Å². The summed E-state index contributed by atoms with van der Waals surface area (Å²) in [5.41, 5.74) is 0. The summed E-state index contributed by atoms with van der Waals surface area (Å²) in [6.45, 7) is 6.47. The lowest BCUT2D eigenvalue weighted by Crippen LogP contribution is -2.25. The summed E-state index contributed by atoms with van der Waals surface area (Å²) in [5.74, 6) is 3.50. The normalized spacial score (nSPS) is 18.0. The molecule has 28 heavy (non-hydrogen) atoms. The molecule has 1 aliphatic rings. The van der Waals surface area contributed by atoms with E-state index in [1.165, 1.54) is 12.8 Å².